The van der Waals surface area contributed by atoms with Crippen LogP contribution in [-0.4, -0.2) is 37.7 Å². The van der Waals surface area contributed by atoms with E-state index in [1.165, 1.54) is 6.42 Å². The van der Waals surface area contributed by atoms with Crippen LogP contribution in [0, 0.1) is 0 Å². The Labute approximate surface area is 94.5 Å². The summed E-state index contributed by atoms with van der Waals surface area (Å²) in [5.41, 5.74) is 6.65. The highest BCUT2D eigenvalue weighted by Crippen LogP contribution is 2.21. The van der Waals surface area contributed by atoms with Gasteiger partial charge in [-0.2, -0.15) is 0 Å². The van der Waals surface area contributed by atoms with E-state index in [1.54, 1.807) is 11.3 Å². The van der Waals surface area contributed by atoms with Gasteiger partial charge >= 0.3 is 0 Å². The summed E-state index contributed by atoms with van der Waals surface area (Å²) < 4.78 is 0. The van der Waals surface area contributed by atoms with Crippen LogP contribution in [0.5, 0.6) is 0 Å². The molecule has 0 unspecified atom stereocenters. The Kier molecular flexibility index (Phi) is 3.94. The van der Waals surface area contributed by atoms with Gasteiger partial charge in [0.15, 0.2) is 5.13 Å². The normalized spacial score (nSPS) is 17.8. The van der Waals surface area contributed by atoms with Crippen molar-refractivity contribution in [1.29, 1.82) is 0 Å². The number of hydrogen-bond donors (Lipinski definition) is 2. The maximum Gasteiger partial charge on any atom is 0.185 e. The molecule has 0 bridgehead atoms. The largest absolute Gasteiger partial charge is 0.347 e. The number of nitrogens with two attached hydrogens (primary N) is 1. The highest BCUT2D eigenvalue weighted by atomic mass is 32.1. The quantitative estimate of drug-likeness (QED) is 0.785. The van der Waals surface area contributed by atoms with Crippen LogP contribution < -0.4 is 16.0 Å². The molecule has 2 rings (SSSR count). The van der Waals surface area contributed by atoms with Crippen LogP contribution in [0.3, 0.4) is 0 Å². The number of aromatic nitrogens is 1. The van der Waals surface area contributed by atoms with Crippen molar-refractivity contribution in [3.05, 3.63) is 11.1 Å². The van der Waals surface area contributed by atoms with Crippen molar-refractivity contribution in [3.8, 4) is 0 Å². The summed E-state index contributed by atoms with van der Waals surface area (Å²) in [6.07, 6.45) is 2.09. The molecule has 2 heterocycles. The van der Waals surface area contributed by atoms with E-state index in [2.05, 4.69) is 20.6 Å². The lowest BCUT2D eigenvalue weighted by atomic mass is 10.3. The predicted molar refractivity (Wildman–Crippen MR) is 64.6 cm³/mol. The molecule has 0 aromatic carbocycles. The third-order valence-electron chi connectivity index (χ3n) is 2.55. The van der Waals surface area contributed by atoms with E-state index >= 15 is 0 Å². The summed E-state index contributed by atoms with van der Waals surface area (Å²) in [4.78, 5) is 6.97. The molecule has 1 aliphatic heterocycles. The van der Waals surface area contributed by atoms with Crippen LogP contribution in [0.1, 0.15) is 12.1 Å². The zero-order chi connectivity index (χ0) is 10.5. The van der Waals surface area contributed by atoms with E-state index in [0.29, 0.717) is 6.54 Å². The molecule has 0 spiro atoms. The monoisotopic (exact) mass is 226 g/mol. The summed E-state index contributed by atoms with van der Waals surface area (Å²) in [5.74, 6) is 0. The molecule has 0 amide bonds. The maximum absolute atomic E-state index is 5.51. The van der Waals surface area contributed by atoms with Crippen molar-refractivity contribution in [2.75, 3.05) is 37.6 Å². The molecule has 15 heavy (non-hydrogen) atoms. The van der Waals surface area contributed by atoms with Crippen molar-refractivity contribution in [2.24, 2.45) is 5.73 Å². The molecular weight excluding hydrogens is 208 g/mol. The van der Waals surface area contributed by atoms with Crippen molar-refractivity contribution < 1.29 is 0 Å². The molecule has 5 heteroatoms. The molecule has 0 radical (unpaired) electrons. The van der Waals surface area contributed by atoms with E-state index < -0.39 is 0 Å². The minimum Gasteiger partial charge on any atom is -0.347 e. The number of nitrogens with zero attached hydrogens (tertiary/aromatic N) is 2. The fraction of sp³-hybridized carbons (Fsp3) is 0.700. The molecule has 1 aromatic heterocycles. The van der Waals surface area contributed by atoms with Crippen molar-refractivity contribution >= 4 is 16.5 Å². The second kappa shape index (κ2) is 5.44. The highest BCUT2D eigenvalue weighted by Gasteiger charge is 2.12. The minimum absolute atomic E-state index is 0.685. The number of nitrogens with one attached hydrogen (secondary N) is 1. The van der Waals surface area contributed by atoms with Gasteiger partial charge in [-0.1, -0.05) is 0 Å². The van der Waals surface area contributed by atoms with E-state index in [1.807, 2.05) is 0 Å². The van der Waals surface area contributed by atoms with E-state index in [9.17, 15) is 0 Å². The van der Waals surface area contributed by atoms with Gasteiger partial charge in [0.2, 0.25) is 0 Å². The average molecular weight is 226 g/mol. The first kappa shape index (κ1) is 10.9. The van der Waals surface area contributed by atoms with Crippen molar-refractivity contribution in [2.45, 2.75) is 12.8 Å². The molecule has 84 valence electrons. The Morgan fingerprint density at radius 1 is 1.47 bits per heavy atom. The number of thiazole rings is 1. The van der Waals surface area contributed by atoms with Crippen LogP contribution in [0.4, 0.5) is 5.13 Å². The molecule has 0 aliphatic carbocycles. The van der Waals surface area contributed by atoms with Gasteiger partial charge in [-0.05, 0) is 19.5 Å². The number of anilines is 1. The SMILES string of the molecule is NCCc1csc(N2CCCNCC2)n1. The van der Waals surface area contributed by atoms with Crippen LogP contribution in [-0.2, 0) is 6.42 Å². The highest BCUT2D eigenvalue weighted by molar-refractivity contribution is 7.13. The first-order valence-electron chi connectivity index (χ1n) is 5.50. The van der Waals surface area contributed by atoms with Crippen LogP contribution in [0.25, 0.3) is 0 Å². The molecule has 4 nitrogen and oxygen atoms in total. The van der Waals surface area contributed by atoms with E-state index in [4.69, 9.17) is 5.73 Å². The van der Waals surface area contributed by atoms with Crippen LogP contribution in [0.15, 0.2) is 5.38 Å². The molecule has 1 fully saturated rings. The lowest BCUT2D eigenvalue weighted by Crippen LogP contribution is -2.27. The summed E-state index contributed by atoms with van der Waals surface area (Å²) in [6.45, 7) is 5.05. The summed E-state index contributed by atoms with van der Waals surface area (Å²) in [7, 11) is 0. The molecule has 1 aromatic rings. The predicted octanol–water partition coefficient (Wildman–Crippen LogP) is 0.444. The van der Waals surface area contributed by atoms with Crippen molar-refractivity contribution in [3.63, 3.8) is 0 Å². The lowest BCUT2D eigenvalue weighted by molar-refractivity contribution is 0.724. The van der Waals surface area contributed by atoms with Crippen LogP contribution in [0.2, 0.25) is 0 Å². The Bertz CT molecular complexity index is 291. The fourth-order valence-electron chi connectivity index (χ4n) is 1.74. The first-order valence-corrected chi connectivity index (χ1v) is 6.38. The molecule has 0 saturated carbocycles. The third kappa shape index (κ3) is 2.90. The van der Waals surface area contributed by atoms with Gasteiger partial charge in [-0.15, -0.1) is 11.3 Å². The standard InChI is InChI=1S/C10H18N4S/c11-3-2-9-8-15-10(13-9)14-6-1-4-12-5-7-14/h8,12H,1-7,11H2. The van der Waals surface area contributed by atoms with Crippen LogP contribution >= 0.6 is 11.3 Å². The maximum atomic E-state index is 5.51. The molecule has 1 saturated heterocycles. The Hall–Kier alpha value is -0.650. The van der Waals surface area contributed by atoms with Gasteiger partial charge in [0.1, 0.15) is 0 Å². The van der Waals surface area contributed by atoms with Gasteiger partial charge in [0.25, 0.3) is 0 Å². The summed E-state index contributed by atoms with van der Waals surface area (Å²) >= 11 is 1.74. The van der Waals surface area contributed by atoms with Crippen molar-refractivity contribution in [1.82, 2.24) is 10.3 Å². The summed E-state index contributed by atoms with van der Waals surface area (Å²) in [5, 5.41) is 6.67. The van der Waals surface area contributed by atoms with Gasteiger partial charge < -0.3 is 16.0 Å². The third-order valence-corrected chi connectivity index (χ3v) is 3.50. The van der Waals surface area contributed by atoms with E-state index in [0.717, 1.165) is 43.4 Å². The topological polar surface area (TPSA) is 54.2 Å². The first-order chi connectivity index (χ1) is 7.40. The Morgan fingerprint density at radius 2 is 2.40 bits per heavy atom. The zero-order valence-corrected chi connectivity index (χ0v) is 9.72. The average Bonchev–Trinajstić information content (AvgIpc) is 2.53. The molecule has 1 aliphatic rings. The van der Waals surface area contributed by atoms with Gasteiger partial charge in [0, 0.05) is 31.4 Å². The van der Waals surface area contributed by atoms with E-state index in [-0.39, 0.29) is 0 Å². The van der Waals surface area contributed by atoms with Gasteiger partial charge in [-0.25, -0.2) is 4.98 Å². The smallest absolute Gasteiger partial charge is 0.185 e. The fourth-order valence-corrected chi connectivity index (χ4v) is 2.65. The second-order valence-electron chi connectivity index (χ2n) is 3.75. The minimum atomic E-state index is 0.685. The molecule has 3 N–H and O–H groups in total. The number of hydrogen-bond acceptors (Lipinski definition) is 5. The zero-order valence-electron chi connectivity index (χ0n) is 8.91. The number of rotatable bonds is 3. The van der Waals surface area contributed by atoms with Gasteiger partial charge in [0.05, 0.1) is 5.69 Å². The Morgan fingerprint density at radius 3 is 3.27 bits per heavy atom. The Balaban J connectivity index is 2.00. The molecular formula is C10H18N4S. The lowest BCUT2D eigenvalue weighted by Gasteiger charge is -2.18. The second-order valence-corrected chi connectivity index (χ2v) is 4.59. The van der Waals surface area contributed by atoms with Gasteiger partial charge in [-0.3, -0.25) is 0 Å². The summed E-state index contributed by atoms with van der Waals surface area (Å²) in [6, 6.07) is 0. The molecule has 0 atom stereocenters.